The van der Waals surface area contributed by atoms with Gasteiger partial charge in [0.25, 0.3) is 5.69 Å². The normalized spacial score (nSPS) is 11.4. The number of non-ortho nitro benzene ring substituents is 1. The first-order chi connectivity index (χ1) is 11.6. The Balaban J connectivity index is 1.61. The van der Waals surface area contributed by atoms with Crippen LogP contribution in [-0.2, 0) is 12.8 Å². The van der Waals surface area contributed by atoms with Gasteiger partial charge in [0, 0.05) is 19.2 Å². The van der Waals surface area contributed by atoms with E-state index in [1.54, 1.807) is 16.9 Å². The molecule has 0 N–H and O–H groups in total. The van der Waals surface area contributed by atoms with Gasteiger partial charge in [0.2, 0.25) is 5.89 Å². The fourth-order valence-electron chi connectivity index (χ4n) is 2.32. The van der Waals surface area contributed by atoms with Gasteiger partial charge in [0.05, 0.1) is 22.3 Å². The fourth-order valence-corrected chi connectivity index (χ4v) is 3.13. The largest absolute Gasteiger partial charge is 0.440 e. The molecule has 120 valence electrons. The van der Waals surface area contributed by atoms with Crippen molar-refractivity contribution in [2.24, 2.45) is 7.05 Å². The van der Waals surface area contributed by atoms with Crippen molar-refractivity contribution in [2.75, 3.05) is 0 Å². The van der Waals surface area contributed by atoms with Crippen LogP contribution < -0.4 is 0 Å². The van der Waals surface area contributed by atoms with E-state index >= 15 is 0 Å². The van der Waals surface area contributed by atoms with Crippen LogP contribution in [0.3, 0.4) is 0 Å². The summed E-state index contributed by atoms with van der Waals surface area (Å²) >= 11 is 1.45. The van der Waals surface area contributed by atoms with E-state index in [0.29, 0.717) is 22.7 Å². The number of nitrogens with zero attached hydrogens (tertiary/aromatic N) is 6. The second-order valence-electron chi connectivity index (χ2n) is 4.99. The van der Waals surface area contributed by atoms with Crippen LogP contribution in [0.4, 0.5) is 5.69 Å². The molecule has 24 heavy (non-hydrogen) atoms. The molecule has 3 aromatic heterocycles. The summed E-state index contributed by atoms with van der Waals surface area (Å²) in [5.41, 5.74) is 1.72. The first kappa shape index (κ1) is 14.6. The van der Waals surface area contributed by atoms with Gasteiger partial charge in [-0.1, -0.05) is 11.8 Å². The van der Waals surface area contributed by atoms with Crippen molar-refractivity contribution >= 4 is 39.6 Å². The number of rotatable bonds is 4. The summed E-state index contributed by atoms with van der Waals surface area (Å²) in [5.74, 6) is 0.926. The maximum Gasteiger partial charge on any atom is 0.271 e. The van der Waals surface area contributed by atoms with E-state index in [1.165, 1.54) is 30.2 Å². The first-order valence-corrected chi connectivity index (χ1v) is 7.90. The zero-order chi connectivity index (χ0) is 16.7. The summed E-state index contributed by atoms with van der Waals surface area (Å²) in [6, 6.07) is 4.35. The molecule has 0 aliphatic carbocycles. The molecule has 0 saturated heterocycles. The Morgan fingerprint density at radius 2 is 2.25 bits per heavy atom. The smallest absolute Gasteiger partial charge is 0.271 e. The maximum absolute atomic E-state index is 10.8. The Bertz CT molecular complexity index is 1070. The molecule has 0 fully saturated rings. The SMILES string of the molecule is Cn1ncc2c(SCc3nc4cc([N+](=O)[O-])ccc4o3)ncnc21. The van der Waals surface area contributed by atoms with Gasteiger partial charge in [-0.2, -0.15) is 5.10 Å². The average molecular weight is 342 g/mol. The van der Waals surface area contributed by atoms with Crippen LogP contribution in [0.1, 0.15) is 5.89 Å². The summed E-state index contributed by atoms with van der Waals surface area (Å²) < 4.78 is 7.30. The van der Waals surface area contributed by atoms with Crippen LogP contribution in [0.25, 0.3) is 22.1 Å². The molecule has 0 radical (unpaired) electrons. The summed E-state index contributed by atoms with van der Waals surface area (Å²) in [6.07, 6.45) is 3.20. The van der Waals surface area contributed by atoms with Gasteiger partial charge in [-0.25, -0.2) is 15.0 Å². The summed E-state index contributed by atoms with van der Waals surface area (Å²) in [5, 5.41) is 16.6. The maximum atomic E-state index is 10.8. The van der Waals surface area contributed by atoms with Crippen LogP contribution in [0.5, 0.6) is 0 Å². The van der Waals surface area contributed by atoms with Gasteiger partial charge >= 0.3 is 0 Å². The molecule has 3 heterocycles. The molecule has 4 rings (SSSR count). The van der Waals surface area contributed by atoms with Crippen molar-refractivity contribution in [1.82, 2.24) is 24.7 Å². The topological polar surface area (TPSA) is 113 Å². The standard InChI is InChI=1S/C14H10N6O3S/c1-19-13-9(5-17-19)14(16-7-15-13)24-6-12-18-10-4-8(20(21)22)2-3-11(10)23-12/h2-5,7H,6H2,1H3. The quantitative estimate of drug-likeness (QED) is 0.241. The number of oxazole rings is 1. The van der Waals surface area contributed by atoms with Crippen LogP contribution in [0.2, 0.25) is 0 Å². The van der Waals surface area contributed by atoms with E-state index < -0.39 is 4.92 Å². The number of hydrogen-bond acceptors (Lipinski definition) is 8. The molecule has 0 spiro atoms. The van der Waals surface area contributed by atoms with E-state index in [-0.39, 0.29) is 5.69 Å². The van der Waals surface area contributed by atoms with E-state index in [2.05, 4.69) is 20.1 Å². The molecule has 4 aromatic rings. The highest BCUT2D eigenvalue weighted by Crippen LogP contribution is 2.28. The molecule has 0 saturated carbocycles. The van der Waals surface area contributed by atoms with Crippen molar-refractivity contribution in [3.8, 4) is 0 Å². The molecule has 0 bridgehead atoms. The third-order valence-corrected chi connectivity index (χ3v) is 4.44. The number of aryl methyl sites for hydroxylation is 1. The molecule has 0 aliphatic rings. The molecule has 0 aliphatic heterocycles. The molecule has 10 heteroatoms. The summed E-state index contributed by atoms with van der Waals surface area (Å²) in [7, 11) is 1.82. The van der Waals surface area contributed by atoms with Gasteiger partial charge in [0.15, 0.2) is 11.2 Å². The van der Waals surface area contributed by atoms with E-state index in [0.717, 1.165) is 16.1 Å². The highest BCUT2D eigenvalue weighted by molar-refractivity contribution is 7.98. The van der Waals surface area contributed by atoms with Crippen molar-refractivity contribution in [1.29, 1.82) is 0 Å². The Morgan fingerprint density at radius 1 is 1.38 bits per heavy atom. The zero-order valence-corrected chi connectivity index (χ0v) is 13.2. The Labute approximate surface area is 138 Å². The van der Waals surface area contributed by atoms with Gasteiger partial charge in [-0.15, -0.1) is 0 Å². The van der Waals surface area contributed by atoms with E-state index in [1.807, 2.05) is 7.05 Å². The van der Waals surface area contributed by atoms with Crippen LogP contribution >= 0.6 is 11.8 Å². The lowest BCUT2D eigenvalue weighted by Crippen LogP contribution is -1.93. The summed E-state index contributed by atoms with van der Waals surface area (Å²) in [4.78, 5) is 23.1. The predicted molar refractivity (Wildman–Crippen MR) is 86.5 cm³/mol. The molecule has 0 atom stereocenters. The zero-order valence-electron chi connectivity index (χ0n) is 12.4. The number of benzene rings is 1. The van der Waals surface area contributed by atoms with E-state index in [9.17, 15) is 10.1 Å². The molecular formula is C14H10N6O3S. The monoisotopic (exact) mass is 342 g/mol. The van der Waals surface area contributed by atoms with Gasteiger partial charge in [-0.3, -0.25) is 14.8 Å². The van der Waals surface area contributed by atoms with Crippen molar-refractivity contribution in [3.63, 3.8) is 0 Å². The fraction of sp³-hybridized carbons (Fsp3) is 0.143. The molecule has 0 unspecified atom stereocenters. The Kier molecular flexibility index (Phi) is 3.38. The Hall–Kier alpha value is -3.01. The second-order valence-corrected chi connectivity index (χ2v) is 5.95. The lowest BCUT2D eigenvalue weighted by atomic mass is 10.3. The van der Waals surface area contributed by atoms with Crippen molar-refractivity contribution < 1.29 is 9.34 Å². The van der Waals surface area contributed by atoms with Crippen LogP contribution in [0.15, 0.2) is 40.2 Å². The highest BCUT2D eigenvalue weighted by Gasteiger charge is 2.13. The minimum Gasteiger partial charge on any atom is -0.440 e. The molecule has 0 amide bonds. The minimum atomic E-state index is -0.456. The van der Waals surface area contributed by atoms with Gasteiger partial charge < -0.3 is 4.42 Å². The van der Waals surface area contributed by atoms with E-state index in [4.69, 9.17) is 4.42 Å². The van der Waals surface area contributed by atoms with Gasteiger partial charge in [0.1, 0.15) is 16.9 Å². The Morgan fingerprint density at radius 3 is 3.08 bits per heavy atom. The third-order valence-electron chi connectivity index (χ3n) is 3.45. The highest BCUT2D eigenvalue weighted by atomic mass is 32.2. The number of nitro benzene ring substituents is 1. The van der Waals surface area contributed by atoms with Crippen LogP contribution in [-0.4, -0.2) is 29.7 Å². The third kappa shape index (κ3) is 2.46. The number of thioether (sulfide) groups is 1. The number of hydrogen-bond donors (Lipinski definition) is 0. The summed E-state index contributed by atoms with van der Waals surface area (Å²) in [6.45, 7) is 0. The number of fused-ring (bicyclic) bond motifs is 2. The average Bonchev–Trinajstić information content (AvgIpc) is 3.16. The molecule has 1 aromatic carbocycles. The first-order valence-electron chi connectivity index (χ1n) is 6.91. The number of aromatic nitrogens is 5. The minimum absolute atomic E-state index is 0.0112. The lowest BCUT2D eigenvalue weighted by molar-refractivity contribution is -0.384. The van der Waals surface area contributed by atoms with Crippen LogP contribution in [0, 0.1) is 10.1 Å². The second kappa shape index (κ2) is 5.57. The lowest BCUT2D eigenvalue weighted by Gasteiger charge is -1.99. The predicted octanol–water partition coefficient (Wildman–Crippen LogP) is 2.71. The van der Waals surface area contributed by atoms with Crippen molar-refractivity contribution in [3.05, 3.63) is 46.7 Å². The van der Waals surface area contributed by atoms with Crippen molar-refractivity contribution in [2.45, 2.75) is 10.8 Å². The van der Waals surface area contributed by atoms with Gasteiger partial charge in [-0.05, 0) is 6.07 Å². The number of nitro groups is 1. The molecular weight excluding hydrogens is 332 g/mol. The molecule has 9 nitrogen and oxygen atoms in total.